The van der Waals surface area contributed by atoms with Crippen LogP contribution in [0.15, 0.2) is 30.5 Å². The summed E-state index contributed by atoms with van der Waals surface area (Å²) in [7, 11) is 0. The Bertz CT molecular complexity index is 505. The molecule has 1 aromatic carbocycles. The standard InChI is InChI=1S/C13H12ClN/c1-2-3-4-9-15-10-8-11-12(14)6-5-7-13(11)15/h1,5-8,10H,3-4,9H2. The number of terminal acetylenes is 1. The van der Waals surface area contributed by atoms with Gasteiger partial charge in [-0.25, -0.2) is 0 Å². The zero-order valence-corrected chi connectivity index (χ0v) is 9.17. The maximum Gasteiger partial charge on any atom is 0.0499 e. The first-order chi connectivity index (χ1) is 7.33. The van der Waals surface area contributed by atoms with Gasteiger partial charge in [-0.15, -0.1) is 12.3 Å². The van der Waals surface area contributed by atoms with Crippen LogP contribution in [0.2, 0.25) is 5.02 Å². The van der Waals surface area contributed by atoms with E-state index in [1.807, 2.05) is 18.2 Å². The molecule has 0 aliphatic carbocycles. The number of fused-ring (bicyclic) bond motifs is 1. The van der Waals surface area contributed by atoms with E-state index in [9.17, 15) is 0 Å². The maximum absolute atomic E-state index is 6.09. The van der Waals surface area contributed by atoms with Crippen molar-refractivity contribution in [3.05, 3.63) is 35.5 Å². The molecule has 76 valence electrons. The van der Waals surface area contributed by atoms with E-state index in [2.05, 4.69) is 22.8 Å². The first-order valence-corrected chi connectivity index (χ1v) is 5.37. The second kappa shape index (κ2) is 4.42. The SMILES string of the molecule is C#CCCCn1ccc2c(Cl)cccc21. The van der Waals surface area contributed by atoms with Crippen LogP contribution < -0.4 is 0 Å². The van der Waals surface area contributed by atoms with Crippen molar-refractivity contribution < 1.29 is 0 Å². The largest absolute Gasteiger partial charge is 0.347 e. The van der Waals surface area contributed by atoms with E-state index in [4.69, 9.17) is 18.0 Å². The van der Waals surface area contributed by atoms with E-state index in [0.29, 0.717) is 0 Å². The lowest BCUT2D eigenvalue weighted by atomic mass is 10.2. The minimum Gasteiger partial charge on any atom is -0.347 e. The first kappa shape index (κ1) is 10.1. The monoisotopic (exact) mass is 217 g/mol. The maximum atomic E-state index is 6.09. The summed E-state index contributed by atoms with van der Waals surface area (Å²) in [4.78, 5) is 0. The number of rotatable bonds is 3. The van der Waals surface area contributed by atoms with Gasteiger partial charge in [0.2, 0.25) is 0 Å². The molecule has 0 bridgehead atoms. The number of halogens is 1. The first-order valence-electron chi connectivity index (χ1n) is 5.00. The summed E-state index contributed by atoms with van der Waals surface area (Å²) in [6, 6.07) is 8.02. The Morgan fingerprint density at radius 3 is 3.00 bits per heavy atom. The van der Waals surface area contributed by atoms with Gasteiger partial charge in [0, 0.05) is 35.1 Å². The number of benzene rings is 1. The lowest BCUT2D eigenvalue weighted by Crippen LogP contribution is -1.94. The Kier molecular flexibility index (Phi) is 2.99. The van der Waals surface area contributed by atoms with Gasteiger partial charge >= 0.3 is 0 Å². The molecule has 0 aliphatic heterocycles. The van der Waals surface area contributed by atoms with Crippen LogP contribution in [0.4, 0.5) is 0 Å². The molecule has 0 fully saturated rings. The van der Waals surface area contributed by atoms with Crippen molar-refractivity contribution in [2.45, 2.75) is 19.4 Å². The van der Waals surface area contributed by atoms with Gasteiger partial charge in [0.1, 0.15) is 0 Å². The van der Waals surface area contributed by atoms with E-state index < -0.39 is 0 Å². The number of hydrogen-bond acceptors (Lipinski definition) is 0. The summed E-state index contributed by atoms with van der Waals surface area (Å²) in [5, 5.41) is 1.92. The number of aryl methyl sites for hydroxylation is 1. The molecule has 2 rings (SSSR count). The summed E-state index contributed by atoms with van der Waals surface area (Å²) in [5.41, 5.74) is 1.18. The van der Waals surface area contributed by atoms with Crippen LogP contribution in [0.5, 0.6) is 0 Å². The average molecular weight is 218 g/mol. The molecule has 2 heteroatoms. The Morgan fingerprint density at radius 1 is 1.33 bits per heavy atom. The minimum absolute atomic E-state index is 0.809. The van der Waals surface area contributed by atoms with E-state index in [1.165, 1.54) is 5.52 Å². The molecule has 15 heavy (non-hydrogen) atoms. The molecule has 0 amide bonds. The predicted octanol–water partition coefficient (Wildman–Crippen LogP) is 3.71. The third-order valence-corrected chi connectivity index (χ3v) is 2.81. The Morgan fingerprint density at radius 2 is 2.20 bits per heavy atom. The zero-order chi connectivity index (χ0) is 10.7. The highest BCUT2D eigenvalue weighted by Crippen LogP contribution is 2.24. The lowest BCUT2D eigenvalue weighted by Gasteiger charge is -2.03. The van der Waals surface area contributed by atoms with Gasteiger partial charge in [-0.2, -0.15) is 0 Å². The number of aromatic nitrogens is 1. The Labute approximate surface area is 94.7 Å². The molecular weight excluding hydrogens is 206 g/mol. The number of hydrogen-bond donors (Lipinski definition) is 0. The fourth-order valence-corrected chi connectivity index (χ4v) is 1.96. The molecule has 0 spiro atoms. The molecule has 0 unspecified atom stereocenters. The minimum atomic E-state index is 0.809. The van der Waals surface area contributed by atoms with Crippen molar-refractivity contribution in [3.8, 4) is 12.3 Å². The van der Waals surface area contributed by atoms with Gasteiger partial charge in [0.25, 0.3) is 0 Å². The second-order valence-corrected chi connectivity index (χ2v) is 3.90. The van der Waals surface area contributed by atoms with Crippen molar-refractivity contribution in [3.63, 3.8) is 0 Å². The third kappa shape index (κ3) is 2.00. The molecule has 0 radical (unpaired) electrons. The third-order valence-electron chi connectivity index (χ3n) is 2.48. The average Bonchev–Trinajstić information content (AvgIpc) is 2.64. The van der Waals surface area contributed by atoms with Crippen LogP contribution in [0.25, 0.3) is 10.9 Å². The highest BCUT2D eigenvalue weighted by molar-refractivity contribution is 6.35. The van der Waals surface area contributed by atoms with Gasteiger partial charge in [0.15, 0.2) is 0 Å². The molecular formula is C13H12ClN. The van der Waals surface area contributed by atoms with Gasteiger partial charge < -0.3 is 4.57 Å². The topological polar surface area (TPSA) is 4.93 Å². The van der Waals surface area contributed by atoms with E-state index >= 15 is 0 Å². The van der Waals surface area contributed by atoms with Gasteiger partial charge in [-0.3, -0.25) is 0 Å². The molecule has 1 nitrogen and oxygen atoms in total. The zero-order valence-electron chi connectivity index (χ0n) is 8.41. The summed E-state index contributed by atoms with van der Waals surface area (Å²) in [5.74, 6) is 2.65. The predicted molar refractivity (Wildman–Crippen MR) is 65.0 cm³/mol. The smallest absolute Gasteiger partial charge is 0.0499 e. The van der Waals surface area contributed by atoms with Crippen LogP contribution in [-0.4, -0.2) is 4.57 Å². The second-order valence-electron chi connectivity index (χ2n) is 3.49. The highest BCUT2D eigenvalue weighted by atomic mass is 35.5. The van der Waals surface area contributed by atoms with Gasteiger partial charge in [0.05, 0.1) is 0 Å². The summed E-state index contributed by atoms with van der Waals surface area (Å²) in [6.45, 7) is 0.952. The summed E-state index contributed by atoms with van der Waals surface area (Å²) < 4.78 is 2.19. The molecule has 1 heterocycles. The molecule has 0 aliphatic rings. The molecule has 0 N–H and O–H groups in total. The van der Waals surface area contributed by atoms with Crippen LogP contribution in [0.1, 0.15) is 12.8 Å². The molecule has 0 saturated heterocycles. The molecule has 1 aromatic heterocycles. The highest BCUT2D eigenvalue weighted by Gasteiger charge is 2.02. The molecule has 2 aromatic rings. The number of nitrogens with zero attached hydrogens (tertiary/aromatic N) is 1. The van der Waals surface area contributed by atoms with Crippen molar-refractivity contribution in [2.75, 3.05) is 0 Å². The van der Waals surface area contributed by atoms with E-state index in [0.717, 1.165) is 29.8 Å². The Balaban J connectivity index is 2.30. The van der Waals surface area contributed by atoms with Crippen LogP contribution >= 0.6 is 11.6 Å². The van der Waals surface area contributed by atoms with Gasteiger partial charge in [-0.05, 0) is 24.6 Å². The van der Waals surface area contributed by atoms with Crippen molar-refractivity contribution in [1.29, 1.82) is 0 Å². The van der Waals surface area contributed by atoms with Crippen molar-refractivity contribution in [2.24, 2.45) is 0 Å². The number of unbranched alkanes of at least 4 members (excludes halogenated alkanes) is 1. The van der Waals surface area contributed by atoms with Crippen LogP contribution in [0, 0.1) is 12.3 Å². The summed E-state index contributed by atoms with van der Waals surface area (Å²) >= 11 is 6.09. The van der Waals surface area contributed by atoms with Crippen molar-refractivity contribution in [1.82, 2.24) is 4.57 Å². The quantitative estimate of drug-likeness (QED) is 0.546. The van der Waals surface area contributed by atoms with E-state index in [1.54, 1.807) is 0 Å². The van der Waals surface area contributed by atoms with Crippen LogP contribution in [-0.2, 0) is 6.54 Å². The molecule has 0 saturated carbocycles. The lowest BCUT2D eigenvalue weighted by molar-refractivity contribution is 0.677. The van der Waals surface area contributed by atoms with Gasteiger partial charge in [-0.1, -0.05) is 17.7 Å². The van der Waals surface area contributed by atoms with E-state index in [-0.39, 0.29) is 0 Å². The van der Waals surface area contributed by atoms with Crippen molar-refractivity contribution >= 4 is 22.5 Å². The fraction of sp³-hybridized carbons (Fsp3) is 0.231. The fourth-order valence-electron chi connectivity index (χ4n) is 1.73. The summed E-state index contributed by atoms with van der Waals surface area (Å²) in [6.07, 6.45) is 9.11. The Hall–Kier alpha value is -1.39. The van der Waals surface area contributed by atoms with Crippen LogP contribution in [0.3, 0.4) is 0 Å². The molecule has 0 atom stereocenters. The normalized spacial score (nSPS) is 10.4.